The summed E-state index contributed by atoms with van der Waals surface area (Å²) in [5.41, 5.74) is 0.999. The molecule has 1 heterocycles. The van der Waals surface area contributed by atoms with E-state index in [0.717, 1.165) is 24.0 Å². The van der Waals surface area contributed by atoms with Gasteiger partial charge in [-0.2, -0.15) is 0 Å². The minimum atomic E-state index is 0. The quantitative estimate of drug-likeness (QED) is 0.244. The second-order valence-electron chi connectivity index (χ2n) is 4.34. The van der Waals surface area contributed by atoms with E-state index in [1.54, 1.807) is 13.2 Å². The van der Waals surface area contributed by atoms with Gasteiger partial charge < -0.3 is 10.6 Å². The summed E-state index contributed by atoms with van der Waals surface area (Å²) < 4.78 is 0. The lowest BCUT2D eigenvalue weighted by Crippen LogP contribution is -2.38. The van der Waals surface area contributed by atoms with E-state index in [1.807, 2.05) is 36.0 Å². The average Bonchev–Trinajstić information content (AvgIpc) is 2.56. The number of guanidine groups is 1. The van der Waals surface area contributed by atoms with Crippen molar-refractivity contribution < 1.29 is 0 Å². The van der Waals surface area contributed by atoms with E-state index in [1.165, 1.54) is 4.90 Å². The standard InChI is InChI=1S/C16H20N4S.HI/c1-17-16(20-13-14-7-5-6-10-18-14)19-11-12-21-15-8-3-2-4-9-15;/h2-10H,11-13H2,1H3,(H2,17,19,20);1H. The SMILES string of the molecule is CN=C(NCCSc1ccccc1)NCc1ccccn1.I. The highest BCUT2D eigenvalue weighted by atomic mass is 127. The number of thioether (sulfide) groups is 1. The van der Waals surface area contributed by atoms with E-state index in [2.05, 4.69) is 44.9 Å². The Balaban J connectivity index is 0.00000242. The van der Waals surface area contributed by atoms with Gasteiger partial charge in [-0.25, -0.2) is 0 Å². The number of hydrogen-bond donors (Lipinski definition) is 2. The van der Waals surface area contributed by atoms with Crippen LogP contribution in [0.2, 0.25) is 0 Å². The van der Waals surface area contributed by atoms with Crippen LogP contribution < -0.4 is 10.6 Å². The molecule has 2 aromatic rings. The summed E-state index contributed by atoms with van der Waals surface area (Å²) in [6.45, 7) is 1.54. The van der Waals surface area contributed by atoms with Crippen molar-refractivity contribution in [2.45, 2.75) is 11.4 Å². The van der Waals surface area contributed by atoms with Crippen molar-refractivity contribution in [3.8, 4) is 0 Å². The van der Waals surface area contributed by atoms with Crippen LogP contribution in [0.1, 0.15) is 5.69 Å². The number of hydrogen-bond acceptors (Lipinski definition) is 3. The molecule has 1 aromatic carbocycles. The van der Waals surface area contributed by atoms with Crippen molar-refractivity contribution in [3.05, 3.63) is 60.4 Å². The van der Waals surface area contributed by atoms with Crippen molar-refractivity contribution >= 4 is 41.7 Å². The minimum absolute atomic E-state index is 0. The monoisotopic (exact) mass is 428 g/mol. The van der Waals surface area contributed by atoms with Crippen molar-refractivity contribution in [1.82, 2.24) is 15.6 Å². The maximum Gasteiger partial charge on any atom is 0.191 e. The van der Waals surface area contributed by atoms with E-state index in [9.17, 15) is 0 Å². The van der Waals surface area contributed by atoms with Crippen LogP contribution in [0.4, 0.5) is 0 Å². The molecule has 0 saturated heterocycles. The number of aromatic nitrogens is 1. The van der Waals surface area contributed by atoms with Gasteiger partial charge in [0.1, 0.15) is 0 Å². The van der Waals surface area contributed by atoms with Crippen LogP contribution >= 0.6 is 35.7 Å². The molecule has 0 radical (unpaired) electrons. The molecular formula is C16H21IN4S. The van der Waals surface area contributed by atoms with Gasteiger partial charge in [0.2, 0.25) is 0 Å². The Labute approximate surface area is 153 Å². The van der Waals surface area contributed by atoms with Gasteiger partial charge in [-0.1, -0.05) is 24.3 Å². The van der Waals surface area contributed by atoms with Crippen molar-refractivity contribution in [2.75, 3.05) is 19.3 Å². The Morgan fingerprint density at radius 2 is 1.86 bits per heavy atom. The average molecular weight is 428 g/mol. The van der Waals surface area contributed by atoms with Gasteiger partial charge in [-0.15, -0.1) is 35.7 Å². The fraction of sp³-hybridized carbons (Fsp3) is 0.250. The van der Waals surface area contributed by atoms with Crippen LogP contribution in [0.15, 0.2) is 64.6 Å². The third-order valence-corrected chi connectivity index (χ3v) is 3.81. The number of benzene rings is 1. The largest absolute Gasteiger partial charge is 0.356 e. The maximum atomic E-state index is 4.27. The van der Waals surface area contributed by atoms with Gasteiger partial charge in [-0.3, -0.25) is 9.98 Å². The first-order chi connectivity index (χ1) is 10.4. The zero-order valence-electron chi connectivity index (χ0n) is 12.5. The van der Waals surface area contributed by atoms with E-state index in [4.69, 9.17) is 0 Å². The molecule has 0 aliphatic heterocycles. The topological polar surface area (TPSA) is 49.3 Å². The molecule has 118 valence electrons. The molecule has 0 amide bonds. The summed E-state index contributed by atoms with van der Waals surface area (Å²) in [6.07, 6.45) is 1.80. The van der Waals surface area contributed by atoms with E-state index in [-0.39, 0.29) is 24.0 Å². The molecule has 1 aromatic heterocycles. The first-order valence-electron chi connectivity index (χ1n) is 6.91. The number of nitrogens with zero attached hydrogens (tertiary/aromatic N) is 2. The Morgan fingerprint density at radius 3 is 2.55 bits per heavy atom. The molecule has 0 fully saturated rings. The molecule has 2 N–H and O–H groups in total. The van der Waals surface area contributed by atoms with Crippen LogP contribution in [0.3, 0.4) is 0 Å². The first-order valence-corrected chi connectivity index (χ1v) is 7.89. The summed E-state index contributed by atoms with van der Waals surface area (Å²) in [5.74, 6) is 1.79. The second-order valence-corrected chi connectivity index (χ2v) is 5.50. The second kappa shape index (κ2) is 11.3. The highest BCUT2D eigenvalue weighted by Gasteiger charge is 1.98. The molecule has 0 saturated carbocycles. The maximum absolute atomic E-state index is 4.27. The van der Waals surface area contributed by atoms with Crippen LogP contribution in [0.25, 0.3) is 0 Å². The lowest BCUT2D eigenvalue weighted by Gasteiger charge is -2.11. The molecule has 4 nitrogen and oxygen atoms in total. The molecular weight excluding hydrogens is 407 g/mol. The molecule has 0 atom stereocenters. The fourth-order valence-electron chi connectivity index (χ4n) is 1.75. The van der Waals surface area contributed by atoms with Gasteiger partial charge in [0, 0.05) is 30.4 Å². The van der Waals surface area contributed by atoms with Gasteiger partial charge in [-0.05, 0) is 24.3 Å². The Morgan fingerprint density at radius 1 is 1.09 bits per heavy atom. The minimum Gasteiger partial charge on any atom is -0.356 e. The van der Waals surface area contributed by atoms with Crippen molar-refractivity contribution in [2.24, 2.45) is 4.99 Å². The lowest BCUT2D eigenvalue weighted by atomic mass is 10.3. The summed E-state index contributed by atoms with van der Waals surface area (Å²) in [4.78, 5) is 9.76. The van der Waals surface area contributed by atoms with Gasteiger partial charge in [0.15, 0.2) is 5.96 Å². The molecule has 0 aliphatic rings. The number of pyridine rings is 1. The zero-order chi connectivity index (χ0) is 14.8. The van der Waals surface area contributed by atoms with E-state index < -0.39 is 0 Å². The normalized spacial score (nSPS) is 10.7. The molecule has 22 heavy (non-hydrogen) atoms. The molecule has 0 unspecified atom stereocenters. The predicted molar refractivity (Wildman–Crippen MR) is 105 cm³/mol. The highest BCUT2D eigenvalue weighted by Crippen LogP contribution is 2.15. The Bertz CT molecular complexity index is 549. The summed E-state index contributed by atoms with van der Waals surface area (Å²) in [5, 5.41) is 6.55. The van der Waals surface area contributed by atoms with E-state index in [0.29, 0.717) is 6.54 Å². The Kier molecular flexibility index (Phi) is 9.65. The van der Waals surface area contributed by atoms with Crippen LogP contribution in [0.5, 0.6) is 0 Å². The molecule has 2 rings (SSSR count). The Hall–Kier alpha value is -1.28. The molecule has 0 aliphatic carbocycles. The van der Waals surface area contributed by atoms with E-state index >= 15 is 0 Å². The number of halogens is 1. The number of aliphatic imine (C=N–C) groups is 1. The molecule has 6 heteroatoms. The first kappa shape index (κ1) is 18.8. The predicted octanol–water partition coefficient (Wildman–Crippen LogP) is 3.16. The van der Waals surface area contributed by atoms with Gasteiger partial charge >= 0.3 is 0 Å². The van der Waals surface area contributed by atoms with Crippen LogP contribution in [-0.2, 0) is 6.54 Å². The van der Waals surface area contributed by atoms with Gasteiger partial charge in [0.25, 0.3) is 0 Å². The fourth-order valence-corrected chi connectivity index (χ4v) is 2.54. The highest BCUT2D eigenvalue weighted by molar-refractivity contribution is 14.0. The van der Waals surface area contributed by atoms with Crippen molar-refractivity contribution in [3.63, 3.8) is 0 Å². The lowest BCUT2D eigenvalue weighted by molar-refractivity contribution is 0.813. The van der Waals surface area contributed by atoms with Crippen LogP contribution in [-0.4, -0.2) is 30.3 Å². The van der Waals surface area contributed by atoms with Gasteiger partial charge in [0.05, 0.1) is 12.2 Å². The molecule has 0 bridgehead atoms. The summed E-state index contributed by atoms with van der Waals surface area (Å²) in [6, 6.07) is 16.3. The number of rotatable bonds is 6. The smallest absolute Gasteiger partial charge is 0.191 e. The number of nitrogens with one attached hydrogen (secondary N) is 2. The summed E-state index contributed by atoms with van der Waals surface area (Å²) >= 11 is 1.83. The summed E-state index contributed by atoms with van der Waals surface area (Å²) in [7, 11) is 1.78. The molecule has 0 spiro atoms. The van der Waals surface area contributed by atoms with Crippen molar-refractivity contribution in [1.29, 1.82) is 0 Å². The third kappa shape index (κ3) is 7.13. The van der Waals surface area contributed by atoms with Crippen LogP contribution in [0, 0.1) is 0 Å². The zero-order valence-corrected chi connectivity index (χ0v) is 15.7. The third-order valence-electron chi connectivity index (χ3n) is 2.79.